The van der Waals surface area contributed by atoms with Crippen molar-refractivity contribution in [2.45, 2.75) is 6.42 Å². The molecule has 0 aliphatic rings. The van der Waals surface area contributed by atoms with Gasteiger partial charge in [-0.05, 0) is 30.3 Å². The van der Waals surface area contributed by atoms with E-state index in [1.54, 1.807) is 24.3 Å². The van der Waals surface area contributed by atoms with E-state index in [9.17, 15) is 8.78 Å². The Morgan fingerprint density at radius 1 is 0.913 bits per heavy atom. The predicted octanol–water partition coefficient (Wildman–Crippen LogP) is 3.75. The van der Waals surface area contributed by atoms with Crippen LogP contribution in [0.2, 0.25) is 0 Å². The van der Waals surface area contributed by atoms with Crippen LogP contribution in [-0.4, -0.2) is 15.2 Å². The van der Waals surface area contributed by atoms with Gasteiger partial charge >= 0.3 is 0 Å². The van der Waals surface area contributed by atoms with Crippen molar-refractivity contribution in [1.29, 1.82) is 0 Å². The number of hydrogen-bond donors (Lipinski definition) is 0. The average Bonchev–Trinajstić information content (AvgIpc) is 3.15. The Hall–Kier alpha value is -3.09. The smallest absolute Gasteiger partial charge is 0.247 e. The van der Waals surface area contributed by atoms with Gasteiger partial charge in [0, 0.05) is 5.56 Å². The van der Waals surface area contributed by atoms with Crippen LogP contribution in [0.4, 0.5) is 8.78 Å². The quantitative estimate of drug-likeness (QED) is 0.576. The minimum absolute atomic E-state index is 0.121. The van der Waals surface area contributed by atoms with Gasteiger partial charge in [-0.1, -0.05) is 12.1 Å². The van der Waals surface area contributed by atoms with E-state index in [0.717, 1.165) is 0 Å². The number of benzene rings is 2. The minimum Gasteiger partial charge on any atom is -0.440 e. The largest absolute Gasteiger partial charge is 0.440 e. The van der Waals surface area contributed by atoms with Gasteiger partial charge in [-0.2, -0.15) is 0 Å². The van der Waals surface area contributed by atoms with Crippen molar-refractivity contribution in [2.75, 3.05) is 0 Å². The zero-order chi connectivity index (χ0) is 15.8. The molecule has 0 radical (unpaired) electrons. The summed E-state index contributed by atoms with van der Waals surface area (Å²) in [6.07, 6.45) is 0.121. The molecule has 23 heavy (non-hydrogen) atoms. The Labute approximate surface area is 128 Å². The summed E-state index contributed by atoms with van der Waals surface area (Å²) in [4.78, 5) is 4.07. The molecule has 0 fully saturated rings. The lowest BCUT2D eigenvalue weighted by Gasteiger charge is -1.93. The standard InChI is InChI=1S/C16H9F2N3O2/c17-10-4-1-3-9(7-10)16-21-20-14(23-16)8-13-19-15-11(18)5-2-6-12(15)22-13/h1-7H,8H2. The van der Waals surface area contributed by atoms with Gasteiger partial charge in [0.15, 0.2) is 11.4 Å². The van der Waals surface area contributed by atoms with Gasteiger partial charge in [0.2, 0.25) is 17.7 Å². The molecule has 0 saturated heterocycles. The molecule has 0 bridgehead atoms. The number of rotatable bonds is 3. The lowest BCUT2D eigenvalue weighted by Crippen LogP contribution is -1.88. The van der Waals surface area contributed by atoms with Gasteiger partial charge < -0.3 is 8.83 Å². The fourth-order valence-corrected chi connectivity index (χ4v) is 2.23. The van der Waals surface area contributed by atoms with Crippen LogP contribution in [-0.2, 0) is 6.42 Å². The fraction of sp³-hybridized carbons (Fsp3) is 0.0625. The Morgan fingerprint density at radius 3 is 2.61 bits per heavy atom. The van der Waals surface area contributed by atoms with Gasteiger partial charge in [-0.15, -0.1) is 10.2 Å². The number of oxazole rings is 1. The van der Waals surface area contributed by atoms with E-state index in [1.807, 2.05) is 0 Å². The Bertz CT molecular complexity index is 994. The first-order chi connectivity index (χ1) is 11.2. The van der Waals surface area contributed by atoms with Crippen LogP contribution in [0.15, 0.2) is 51.3 Å². The van der Waals surface area contributed by atoms with Crippen molar-refractivity contribution in [3.8, 4) is 11.5 Å². The number of aromatic nitrogens is 3. The monoisotopic (exact) mass is 313 g/mol. The van der Waals surface area contributed by atoms with E-state index >= 15 is 0 Å². The van der Waals surface area contributed by atoms with E-state index < -0.39 is 11.6 Å². The molecule has 4 aromatic rings. The van der Waals surface area contributed by atoms with Crippen molar-refractivity contribution < 1.29 is 17.6 Å². The molecule has 0 spiro atoms. The van der Waals surface area contributed by atoms with Crippen LogP contribution < -0.4 is 0 Å². The highest BCUT2D eigenvalue weighted by atomic mass is 19.1. The number of nitrogens with zero attached hydrogens (tertiary/aromatic N) is 3. The molecule has 0 atom stereocenters. The van der Waals surface area contributed by atoms with Crippen LogP contribution in [0, 0.1) is 11.6 Å². The first kappa shape index (κ1) is 13.6. The topological polar surface area (TPSA) is 65.0 Å². The van der Waals surface area contributed by atoms with Crippen molar-refractivity contribution in [3.63, 3.8) is 0 Å². The fourth-order valence-electron chi connectivity index (χ4n) is 2.23. The third-order valence-electron chi connectivity index (χ3n) is 3.25. The highest BCUT2D eigenvalue weighted by Gasteiger charge is 2.15. The van der Waals surface area contributed by atoms with Crippen LogP contribution in [0.5, 0.6) is 0 Å². The molecule has 0 aliphatic carbocycles. The van der Waals surface area contributed by atoms with Gasteiger partial charge in [-0.25, -0.2) is 13.8 Å². The van der Waals surface area contributed by atoms with Gasteiger partial charge in [0.25, 0.3) is 0 Å². The Morgan fingerprint density at radius 2 is 1.78 bits per heavy atom. The van der Waals surface area contributed by atoms with Crippen molar-refractivity contribution in [1.82, 2.24) is 15.2 Å². The molecule has 2 aromatic heterocycles. The van der Waals surface area contributed by atoms with E-state index in [2.05, 4.69) is 15.2 Å². The Balaban J connectivity index is 1.63. The summed E-state index contributed by atoms with van der Waals surface area (Å²) in [6, 6.07) is 10.3. The van der Waals surface area contributed by atoms with Crippen LogP contribution in [0.3, 0.4) is 0 Å². The minimum atomic E-state index is -0.455. The molecule has 4 rings (SSSR count). The summed E-state index contributed by atoms with van der Waals surface area (Å²) in [5.41, 5.74) is 0.990. The van der Waals surface area contributed by atoms with Crippen molar-refractivity contribution in [2.24, 2.45) is 0 Å². The SMILES string of the molecule is Fc1cccc(-c2nnc(Cc3nc4c(F)cccc4o3)o2)c1. The van der Waals surface area contributed by atoms with Crippen LogP contribution in [0.25, 0.3) is 22.6 Å². The molecule has 0 saturated carbocycles. The molecule has 7 heteroatoms. The lowest BCUT2D eigenvalue weighted by atomic mass is 10.2. The Kier molecular flexibility index (Phi) is 3.11. The molecule has 0 N–H and O–H groups in total. The first-order valence-corrected chi connectivity index (χ1v) is 6.81. The van der Waals surface area contributed by atoms with E-state index in [0.29, 0.717) is 11.1 Å². The van der Waals surface area contributed by atoms with Crippen molar-refractivity contribution in [3.05, 3.63) is 65.9 Å². The van der Waals surface area contributed by atoms with Crippen LogP contribution >= 0.6 is 0 Å². The number of para-hydroxylation sites is 1. The molecular weight excluding hydrogens is 304 g/mol. The third kappa shape index (κ3) is 2.57. The summed E-state index contributed by atoms with van der Waals surface area (Å²) in [7, 11) is 0. The zero-order valence-corrected chi connectivity index (χ0v) is 11.7. The van der Waals surface area contributed by atoms with Gasteiger partial charge in [0.05, 0.1) is 0 Å². The highest BCUT2D eigenvalue weighted by molar-refractivity contribution is 5.73. The normalized spacial score (nSPS) is 11.2. The van der Waals surface area contributed by atoms with E-state index in [4.69, 9.17) is 8.83 Å². The molecule has 0 aliphatic heterocycles. The molecule has 2 heterocycles. The molecule has 0 amide bonds. The maximum Gasteiger partial charge on any atom is 0.247 e. The summed E-state index contributed by atoms with van der Waals surface area (Å²) < 4.78 is 37.7. The molecule has 0 unspecified atom stereocenters. The average molecular weight is 313 g/mol. The number of halogens is 2. The van der Waals surface area contributed by atoms with Crippen LogP contribution in [0.1, 0.15) is 11.8 Å². The molecular formula is C16H9F2N3O2. The number of fused-ring (bicyclic) bond motifs is 1. The molecule has 5 nitrogen and oxygen atoms in total. The second-order valence-corrected chi connectivity index (χ2v) is 4.88. The predicted molar refractivity (Wildman–Crippen MR) is 76.5 cm³/mol. The summed E-state index contributed by atoms with van der Waals surface area (Å²) in [5.74, 6) is -0.141. The summed E-state index contributed by atoms with van der Waals surface area (Å²) in [6.45, 7) is 0. The lowest BCUT2D eigenvalue weighted by molar-refractivity contribution is 0.476. The second-order valence-electron chi connectivity index (χ2n) is 4.88. The summed E-state index contributed by atoms with van der Waals surface area (Å²) >= 11 is 0. The molecule has 114 valence electrons. The third-order valence-corrected chi connectivity index (χ3v) is 3.25. The molecule has 2 aromatic carbocycles. The number of hydrogen-bond acceptors (Lipinski definition) is 5. The van der Waals surface area contributed by atoms with Gasteiger partial charge in [0.1, 0.15) is 17.8 Å². The highest BCUT2D eigenvalue weighted by Crippen LogP contribution is 2.22. The maximum absolute atomic E-state index is 13.6. The van der Waals surface area contributed by atoms with Crippen molar-refractivity contribution >= 4 is 11.1 Å². The first-order valence-electron chi connectivity index (χ1n) is 6.81. The summed E-state index contributed by atoms with van der Waals surface area (Å²) in [5, 5.41) is 7.75. The van der Waals surface area contributed by atoms with Gasteiger partial charge in [-0.3, -0.25) is 0 Å². The van der Waals surface area contributed by atoms with E-state index in [1.165, 1.54) is 18.2 Å². The second kappa shape index (κ2) is 5.28. The maximum atomic E-state index is 13.6. The zero-order valence-electron chi connectivity index (χ0n) is 11.7. The van der Waals surface area contributed by atoms with E-state index in [-0.39, 0.29) is 29.6 Å².